The first kappa shape index (κ1) is 14.2. The SMILES string of the molecule is CN(C)CC(Cl)c1ccc(Br)cc1.Cl. The predicted molar refractivity (Wildman–Crippen MR) is 68.5 cm³/mol. The van der Waals surface area contributed by atoms with E-state index in [1.807, 2.05) is 38.4 Å². The molecule has 1 rings (SSSR count). The van der Waals surface area contributed by atoms with Gasteiger partial charge in [0, 0.05) is 11.0 Å². The first-order valence-electron chi connectivity index (χ1n) is 4.14. The Labute approximate surface area is 105 Å². The lowest BCUT2D eigenvalue weighted by molar-refractivity contribution is 0.408. The summed E-state index contributed by atoms with van der Waals surface area (Å²) in [7, 11) is 4.04. The molecule has 0 spiro atoms. The molecule has 1 aromatic carbocycles. The number of benzene rings is 1. The van der Waals surface area contributed by atoms with Crippen molar-refractivity contribution in [2.45, 2.75) is 5.38 Å². The summed E-state index contributed by atoms with van der Waals surface area (Å²) < 4.78 is 1.09. The number of likely N-dealkylation sites (N-methyl/N-ethyl adjacent to an activating group) is 1. The molecule has 1 aromatic rings. The molecule has 14 heavy (non-hydrogen) atoms. The second-order valence-corrected chi connectivity index (χ2v) is 4.72. The number of halogens is 3. The smallest absolute Gasteiger partial charge is 0.0712 e. The van der Waals surface area contributed by atoms with Crippen LogP contribution in [-0.2, 0) is 0 Å². The highest BCUT2D eigenvalue weighted by Crippen LogP contribution is 2.22. The van der Waals surface area contributed by atoms with Crippen molar-refractivity contribution in [2.24, 2.45) is 0 Å². The van der Waals surface area contributed by atoms with Crippen molar-refractivity contribution >= 4 is 39.9 Å². The molecule has 0 saturated heterocycles. The van der Waals surface area contributed by atoms with E-state index in [0.717, 1.165) is 11.0 Å². The maximum atomic E-state index is 6.20. The maximum absolute atomic E-state index is 6.20. The Morgan fingerprint density at radius 2 is 1.79 bits per heavy atom. The molecule has 0 aliphatic heterocycles. The predicted octanol–water partition coefficient (Wildman–Crippen LogP) is 3.71. The quantitative estimate of drug-likeness (QED) is 0.769. The van der Waals surface area contributed by atoms with Crippen LogP contribution < -0.4 is 0 Å². The zero-order valence-electron chi connectivity index (χ0n) is 8.21. The zero-order valence-corrected chi connectivity index (χ0v) is 11.4. The molecule has 0 radical (unpaired) electrons. The maximum Gasteiger partial charge on any atom is 0.0712 e. The largest absolute Gasteiger partial charge is 0.308 e. The summed E-state index contributed by atoms with van der Waals surface area (Å²) >= 11 is 9.59. The third kappa shape index (κ3) is 4.65. The number of nitrogens with zero attached hydrogens (tertiary/aromatic N) is 1. The van der Waals surface area contributed by atoms with Crippen LogP contribution in [0.5, 0.6) is 0 Å². The minimum absolute atomic E-state index is 0. The van der Waals surface area contributed by atoms with Crippen LogP contribution in [0.3, 0.4) is 0 Å². The van der Waals surface area contributed by atoms with Gasteiger partial charge in [0.25, 0.3) is 0 Å². The van der Waals surface area contributed by atoms with Crippen LogP contribution in [0.2, 0.25) is 0 Å². The normalized spacial score (nSPS) is 12.4. The van der Waals surface area contributed by atoms with Crippen LogP contribution in [-0.4, -0.2) is 25.5 Å². The summed E-state index contributed by atoms with van der Waals surface area (Å²) in [6.07, 6.45) is 0. The van der Waals surface area contributed by atoms with Crippen molar-refractivity contribution < 1.29 is 0 Å². The lowest BCUT2D eigenvalue weighted by Gasteiger charge is -2.15. The van der Waals surface area contributed by atoms with Gasteiger partial charge in [0.05, 0.1) is 5.38 Å². The molecule has 0 bridgehead atoms. The van der Waals surface area contributed by atoms with Crippen molar-refractivity contribution in [1.29, 1.82) is 0 Å². The Balaban J connectivity index is 0.00000169. The Bertz CT molecular complexity index is 261. The standard InChI is InChI=1S/C10H13BrClN.ClH/c1-13(2)7-10(12)8-3-5-9(11)6-4-8;/h3-6,10H,7H2,1-2H3;1H. The molecule has 0 aromatic heterocycles. The molecule has 0 N–H and O–H groups in total. The molecule has 0 amide bonds. The van der Waals surface area contributed by atoms with Gasteiger partial charge in [-0.2, -0.15) is 0 Å². The van der Waals surface area contributed by atoms with E-state index in [2.05, 4.69) is 20.8 Å². The molecule has 1 nitrogen and oxygen atoms in total. The number of rotatable bonds is 3. The van der Waals surface area contributed by atoms with Crippen LogP contribution >= 0.6 is 39.9 Å². The summed E-state index contributed by atoms with van der Waals surface area (Å²) in [6, 6.07) is 8.12. The van der Waals surface area contributed by atoms with Crippen LogP contribution in [0, 0.1) is 0 Å². The minimum Gasteiger partial charge on any atom is -0.308 e. The van der Waals surface area contributed by atoms with E-state index in [-0.39, 0.29) is 17.8 Å². The first-order chi connectivity index (χ1) is 6.09. The lowest BCUT2D eigenvalue weighted by Crippen LogP contribution is -2.17. The highest BCUT2D eigenvalue weighted by Gasteiger charge is 2.07. The van der Waals surface area contributed by atoms with Gasteiger partial charge in [-0.3, -0.25) is 0 Å². The zero-order chi connectivity index (χ0) is 9.84. The molecule has 0 aliphatic rings. The number of hydrogen-bond acceptors (Lipinski definition) is 1. The van der Waals surface area contributed by atoms with Crippen LogP contribution in [0.15, 0.2) is 28.7 Å². The van der Waals surface area contributed by atoms with E-state index in [1.165, 1.54) is 5.56 Å². The summed E-state index contributed by atoms with van der Waals surface area (Å²) in [5, 5.41) is 0.0723. The number of hydrogen-bond donors (Lipinski definition) is 0. The first-order valence-corrected chi connectivity index (χ1v) is 5.37. The van der Waals surface area contributed by atoms with Gasteiger partial charge >= 0.3 is 0 Å². The topological polar surface area (TPSA) is 3.24 Å². The third-order valence-electron chi connectivity index (χ3n) is 1.76. The summed E-state index contributed by atoms with van der Waals surface area (Å²) in [5.74, 6) is 0. The molecule has 80 valence electrons. The monoisotopic (exact) mass is 297 g/mol. The van der Waals surface area contributed by atoms with Gasteiger partial charge in [-0.05, 0) is 31.8 Å². The molecule has 0 fully saturated rings. The van der Waals surface area contributed by atoms with E-state index in [0.29, 0.717) is 0 Å². The van der Waals surface area contributed by atoms with Crippen LogP contribution in [0.25, 0.3) is 0 Å². The van der Waals surface area contributed by atoms with Crippen molar-refractivity contribution in [2.75, 3.05) is 20.6 Å². The molecule has 4 heteroatoms. The molecule has 0 saturated carbocycles. The van der Waals surface area contributed by atoms with Crippen LogP contribution in [0.4, 0.5) is 0 Å². The van der Waals surface area contributed by atoms with Gasteiger partial charge in [-0.25, -0.2) is 0 Å². The van der Waals surface area contributed by atoms with E-state index in [4.69, 9.17) is 11.6 Å². The Hall–Kier alpha value is 0.240. The summed E-state index contributed by atoms with van der Waals surface area (Å²) in [4.78, 5) is 2.08. The molecule has 1 atom stereocenters. The third-order valence-corrected chi connectivity index (χ3v) is 2.68. The minimum atomic E-state index is 0. The molecular weight excluding hydrogens is 285 g/mol. The van der Waals surface area contributed by atoms with E-state index < -0.39 is 0 Å². The fourth-order valence-corrected chi connectivity index (χ4v) is 1.78. The van der Waals surface area contributed by atoms with Crippen LogP contribution in [0.1, 0.15) is 10.9 Å². The Morgan fingerprint density at radius 3 is 2.21 bits per heavy atom. The summed E-state index contributed by atoms with van der Waals surface area (Å²) in [5.41, 5.74) is 1.17. The molecular formula is C10H14BrCl2N. The van der Waals surface area contributed by atoms with Gasteiger partial charge in [-0.1, -0.05) is 28.1 Å². The van der Waals surface area contributed by atoms with Crippen molar-refractivity contribution in [3.63, 3.8) is 0 Å². The van der Waals surface area contributed by atoms with Gasteiger partial charge in [-0.15, -0.1) is 24.0 Å². The van der Waals surface area contributed by atoms with Gasteiger partial charge in [0.1, 0.15) is 0 Å². The van der Waals surface area contributed by atoms with Gasteiger partial charge in [0.2, 0.25) is 0 Å². The molecule has 0 aliphatic carbocycles. The average Bonchev–Trinajstić information content (AvgIpc) is 2.04. The average molecular weight is 299 g/mol. The van der Waals surface area contributed by atoms with E-state index >= 15 is 0 Å². The summed E-state index contributed by atoms with van der Waals surface area (Å²) in [6.45, 7) is 0.864. The fourth-order valence-electron chi connectivity index (χ4n) is 1.10. The Morgan fingerprint density at radius 1 is 1.29 bits per heavy atom. The second kappa shape index (κ2) is 6.67. The van der Waals surface area contributed by atoms with E-state index in [9.17, 15) is 0 Å². The fraction of sp³-hybridized carbons (Fsp3) is 0.400. The molecule has 1 unspecified atom stereocenters. The van der Waals surface area contributed by atoms with E-state index in [1.54, 1.807) is 0 Å². The molecule has 0 heterocycles. The second-order valence-electron chi connectivity index (χ2n) is 3.28. The van der Waals surface area contributed by atoms with Gasteiger partial charge < -0.3 is 4.90 Å². The number of alkyl halides is 1. The lowest BCUT2D eigenvalue weighted by atomic mass is 10.1. The highest BCUT2D eigenvalue weighted by atomic mass is 79.9. The van der Waals surface area contributed by atoms with Gasteiger partial charge in [0.15, 0.2) is 0 Å². The highest BCUT2D eigenvalue weighted by molar-refractivity contribution is 9.10. The van der Waals surface area contributed by atoms with Crippen molar-refractivity contribution in [3.05, 3.63) is 34.3 Å². The van der Waals surface area contributed by atoms with Crippen molar-refractivity contribution in [1.82, 2.24) is 4.90 Å². The van der Waals surface area contributed by atoms with Crippen molar-refractivity contribution in [3.8, 4) is 0 Å². The Kier molecular flexibility index (Phi) is 6.79.